The maximum Gasteiger partial charge on any atom is 0.425 e. The number of carbonyl (C=O) groups is 4. The van der Waals surface area contributed by atoms with Gasteiger partial charge in [-0.1, -0.05) is 43.3 Å². The molecule has 1 aliphatic carbocycles. The van der Waals surface area contributed by atoms with Crippen LogP contribution >= 0.6 is 0 Å². The fraction of sp³-hybridized carbons (Fsp3) is 0.367. The molecule has 1 heterocycles. The van der Waals surface area contributed by atoms with E-state index in [1.807, 2.05) is 37.3 Å². The number of anilines is 3. The molecule has 6 rings (SSSR count). The van der Waals surface area contributed by atoms with Crippen molar-refractivity contribution in [3.8, 4) is 5.75 Å². The van der Waals surface area contributed by atoms with Gasteiger partial charge < -0.3 is 35.3 Å². The number of halogens is 1. The third-order valence-electron chi connectivity index (χ3n) is 10.3. The molecule has 0 aliphatic heterocycles. The molecule has 350 valence electrons. The lowest BCUT2D eigenvalue weighted by Crippen LogP contribution is -2.44. The summed E-state index contributed by atoms with van der Waals surface area (Å²) < 4.78 is 59.1. The first-order valence-corrected chi connectivity index (χ1v) is 23.0. The molecule has 4 aromatic carbocycles. The number of hydrogen-bond acceptors (Lipinski definition) is 12. The SMILES string of the molecule is CNCc1cc(NC(=O)C[C@H](C)c2cc(C(Nc3ccc4c(N(C(=O)OC(C)(C)C)C(=O)OC(C)(C)C)ncc(F)c4c3)C(=O)O)ccc2OCc2ccccc2)ccc1S(=O)(=O)C1CC1. The van der Waals surface area contributed by atoms with Crippen LogP contribution in [0, 0.1) is 5.82 Å². The Morgan fingerprint density at radius 3 is 2.12 bits per heavy atom. The van der Waals surface area contributed by atoms with Gasteiger partial charge in [0.2, 0.25) is 5.91 Å². The van der Waals surface area contributed by atoms with Crippen LogP contribution in [0.2, 0.25) is 0 Å². The molecular formula is C49H56FN5O10S. The Kier molecular flexibility index (Phi) is 14.7. The molecule has 3 amide bonds. The number of amides is 3. The number of aromatic nitrogens is 1. The quantitative estimate of drug-likeness (QED) is 0.0729. The van der Waals surface area contributed by atoms with Crippen LogP contribution in [0.3, 0.4) is 0 Å². The Labute approximate surface area is 384 Å². The van der Waals surface area contributed by atoms with Gasteiger partial charge in [-0.05, 0) is 138 Å². The summed E-state index contributed by atoms with van der Waals surface area (Å²) in [5, 5.41) is 19.0. The molecule has 4 N–H and O–H groups in total. The summed E-state index contributed by atoms with van der Waals surface area (Å²) >= 11 is 0. The van der Waals surface area contributed by atoms with Crippen molar-refractivity contribution in [1.82, 2.24) is 10.3 Å². The Morgan fingerprint density at radius 1 is 0.864 bits per heavy atom. The number of ether oxygens (including phenoxy) is 3. The number of nitrogens with one attached hydrogen (secondary N) is 3. The van der Waals surface area contributed by atoms with Crippen molar-refractivity contribution in [1.29, 1.82) is 0 Å². The van der Waals surface area contributed by atoms with Crippen molar-refractivity contribution in [3.05, 3.63) is 119 Å². The number of rotatable bonds is 16. The number of hydrogen-bond donors (Lipinski definition) is 4. The van der Waals surface area contributed by atoms with Crippen LogP contribution in [0.4, 0.5) is 31.2 Å². The van der Waals surface area contributed by atoms with Gasteiger partial charge in [-0.3, -0.25) is 4.79 Å². The van der Waals surface area contributed by atoms with Gasteiger partial charge in [-0.2, -0.15) is 4.90 Å². The van der Waals surface area contributed by atoms with Crippen LogP contribution in [0.1, 0.15) is 102 Å². The van der Waals surface area contributed by atoms with E-state index < -0.39 is 62.2 Å². The van der Waals surface area contributed by atoms with E-state index in [1.54, 1.807) is 78.9 Å². The van der Waals surface area contributed by atoms with Gasteiger partial charge in [0.05, 0.1) is 16.3 Å². The monoisotopic (exact) mass is 925 g/mol. The van der Waals surface area contributed by atoms with Gasteiger partial charge in [0, 0.05) is 35.1 Å². The van der Waals surface area contributed by atoms with E-state index >= 15 is 4.39 Å². The lowest BCUT2D eigenvalue weighted by Gasteiger charge is -2.28. The molecule has 1 saturated carbocycles. The second-order valence-electron chi connectivity index (χ2n) is 18.2. The molecule has 15 nitrogen and oxygen atoms in total. The molecule has 0 bridgehead atoms. The van der Waals surface area contributed by atoms with Crippen LogP contribution in [-0.2, 0) is 42.1 Å². The van der Waals surface area contributed by atoms with Crippen molar-refractivity contribution in [2.45, 2.75) is 114 Å². The van der Waals surface area contributed by atoms with E-state index in [4.69, 9.17) is 14.2 Å². The van der Waals surface area contributed by atoms with Crippen molar-refractivity contribution in [2.75, 3.05) is 22.6 Å². The second-order valence-corrected chi connectivity index (χ2v) is 20.4. The van der Waals surface area contributed by atoms with Gasteiger partial charge in [-0.25, -0.2) is 32.2 Å². The smallest absolute Gasteiger partial charge is 0.425 e. The molecule has 0 spiro atoms. The van der Waals surface area contributed by atoms with E-state index in [-0.39, 0.29) is 58.2 Å². The summed E-state index contributed by atoms with van der Waals surface area (Å²) in [7, 11) is -1.77. The summed E-state index contributed by atoms with van der Waals surface area (Å²) in [5.74, 6) is -2.82. The Morgan fingerprint density at radius 2 is 1.52 bits per heavy atom. The topological polar surface area (TPSA) is 203 Å². The minimum atomic E-state index is -3.48. The van der Waals surface area contributed by atoms with Crippen LogP contribution in [-0.4, -0.2) is 66.1 Å². The normalized spacial score (nSPS) is 13.9. The van der Waals surface area contributed by atoms with Crippen LogP contribution in [0.15, 0.2) is 96.0 Å². The lowest BCUT2D eigenvalue weighted by atomic mass is 9.92. The van der Waals surface area contributed by atoms with Gasteiger partial charge in [0.15, 0.2) is 21.7 Å². The molecule has 1 aromatic heterocycles. The molecule has 0 saturated heterocycles. The van der Waals surface area contributed by atoms with Crippen molar-refractivity contribution < 1.29 is 51.3 Å². The minimum absolute atomic E-state index is 0.0379. The zero-order valence-electron chi connectivity index (χ0n) is 38.2. The first kappa shape index (κ1) is 48.9. The number of carbonyl (C=O) groups excluding carboxylic acids is 3. The average molecular weight is 926 g/mol. The molecule has 1 aliphatic rings. The molecule has 1 unspecified atom stereocenters. The Hall–Kier alpha value is -6.59. The highest BCUT2D eigenvalue weighted by Crippen LogP contribution is 2.38. The summed E-state index contributed by atoms with van der Waals surface area (Å²) in [4.78, 5) is 58.5. The van der Waals surface area contributed by atoms with Crippen molar-refractivity contribution in [2.24, 2.45) is 0 Å². The Balaban J connectivity index is 1.30. The summed E-state index contributed by atoms with van der Waals surface area (Å²) in [5.41, 5.74) is 0.832. The summed E-state index contributed by atoms with van der Waals surface area (Å²) in [6, 6.07) is 21.9. The number of carboxylic acid groups (broad SMARTS) is 1. The number of sulfone groups is 1. The van der Waals surface area contributed by atoms with Crippen molar-refractivity contribution in [3.63, 3.8) is 0 Å². The fourth-order valence-corrected chi connectivity index (χ4v) is 9.07. The number of fused-ring (bicyclic) bond motifs is 1. The van der Waals surface area contributed by atoms with E-state index in [0.29, 0.717) is 40.3 Å². The predicted octanol–water partition coefficient (Wildman–Crippen LogP) is 9.66. The zero-order valence-corrected chi connectivity index (χ0v) is 39.0. The highest BCUT2D eigenvalue weighted by Gasteiger charge is 2.38. The van der Waals surface area contributed by atoms with Crippen LogP contribution in [0.25, 0.3) is 10.8 Å². The summed E-state index contributed by atoms with van der Waals surface area (Å²) in [6.07, 6.45) is -0.165. The van der Waals surface area contributed by atoms with Crippen LogP contribution < -0.4 is 25.6 Å². The number of imide groups is 1. The number of pyridine rings is 1. The van der Waals surface area contributed by atoms with E-state index in [9.17, 15) is 32.7 Å². The van der Waals surface area contributed by atoms with Crippen LogP contribution in [0.5, 0.6) is 5.75 Å². The maximum atomic E-state index is 15.6. The minimum Gasteiger partial charge on any atom is -0.489 e. The number of carboxylic acids is 1. The zero-order chi connectivity index (χ0) is 48.1. The molecular weight excluding hydrogens is 870 g/mol. The van der Waals surface area contributed by atoms with E-state index in [1.165, 1.54) is 24.3 Å². The van der Waals surface area contributed by atoms with Gasteiger partial charge >= 0.3 is 18.2 Å². The van der Waals surface area contributed by atoms with Gasteiger partial charge in [-0.15, -0.1) is 0 Å². The third kappa shape index (κ3) is 12.2. The standard InChI is InChI=1S/C49H56FN5O10S/c1-29(22-42(56)53-33-16-21-41(32(23-33)26-51-8)66(61,62)35-17-18-35)37-24-31(14-20-40(37)63-28-30-12-10-9-11-13-30)43(45(57)58)54-34-15-19-36-38(25-34)39(50)27-52-44(36)55(46(59)64-48(2,3)4)47(60)65-49(5,6)7/h9-16,19-21,23-25,27,29,35,43,51,54H,17-18,22,26,28H2,1-8H3,(H,53,56)(H,57,58)/t29-,43?/m0/s1. The van der Waals surface area contributed by atoms with Crippen molar-refractivity contribution >= 4 is 61.9 Å². The lowest BCUT2D eigenvalue weighted by molar-refractivity contribution is -0.138. The number of nitrogens with zero attached hydrogens (tertiary/aromatic N) is 2. The fourth-order valence-electron chi connectivity index (χ4n) is 7.20. The van der Waals surface area contributed by atoms with E-state index in [2.05, 4.69) is 20.9 Å². The molecule has 0 radical (unpaired) electrons. The first-order valence-electron chi connectivity index (χ1n) is 21.5. The molecule has 17 heteroatoms. The second kappa shape index (κ2) is 19.9. The van der Waals surface area contributed by atoms with E-state index in [0.717, 1.165) is 11.8 Å². The predicted molar refractivity (Wildman–Crippen MR) is 249 cm³/mol. The third-order valence-corrected chi connectivity index (χ3v) is 12.7. The number of aliphatic carboxylic acids is 1. The Bertz CT molecular complexity index is 2710. The largest absolute Gasteiger partial charge is 0.489 e. The van der Waals surface area contributed by atoms with Gasteiger partial charge in [0.1, 0.15) is 29.4 Å². The molecule has 1 fully saturated rings. The molecule has 5 aromatic rings. The number of benzene rings is 4. The maximum absolute atomic E-state index is 15.6. The highest BCUT2D eigenvalue weighted by atomic mass is 32.2. The first-order chi connectivity index (χ1) is 31.0. The molecule has 2 atom stereocenters. The van der Waals surface area contributed by atoms with Gasteiger partial charge in [0.25, 0.3) is 0 Å². The molecule has 66 heavy (non-hydrogen) atoms. The highest BCUT2D eigenvalue weighted by molar-refractivity contribution is 7.92. The summed E-state index contributed by atoms with van der Waals surface area (Å²) in [6.45, 7) is 12.0. The average Bonchev–Trinajstić information content (AvgIpc) is 4.09.